The lowest BCUT2D eigenvalue weighted by molar-refractivity contribution is -0.253. The standard InChI is InChI=1S/C17H27Br2ClO4/c1-9(21)23-11-8-16(4,20)13(19)6-10(11)17(5)14(22)7-12(18)15(2,3)24-17/h10-14,22H,6-8H2,1-5H3/t10-,11-,12-,13+,14-,16+,17-/m0/s1. The first kappa shape index (κ1) is 20.9. The van der Waals surface area contributed by atoms with Crippen LogP contribution >= 0.6 is 43.5 Å². The average molecular weight is 491 g/mol. The van der Waals surface area contributed by atoms with Crippen LogP contribution in [0.2, 0.25) is 0 Å². The lowest BCUT2D eigenvalue weighted by atomic mass is 9.67. The number of carbonyl (C=O) groups excluding carboxylic acids is 1. The van der Waals surface area contributed by atoms with Gasteiger partial charge in [-0.3, -0.25) is 4.79 Å². The molecule has 4 nitrogen and oxygen atoms in total. The molecule has 1 aliphatic carbocycles. The monoisotopic (exact) mass is 488 g/mol. The number of esters is 1. The van der Waals surface area contributed by atoms with E-state index in [1.165, 1.54) is 6.92 Å². The van der Waals surface area contributed by atoms with Gasteiger partial charge in [0.05, 0.1) is 22.2 Å². The number of halogens is 3. The Labute approximate surface area is 166 Å². The molecular formula is C17H27Br2ClO4. The van der Waals surface area contributed by atoms with Crippen LogP contribution < -0.4 is 0 Å². The Kier molecular flexibility index (Phi) is 6.10. The molecule has 2 aliphatic rings. The third-order valence-electron chi connectivity index (χ3n) is 5.55. The van der Waals surface area contributed by atoms with E-state index in [1.807, 2.05) is 27.7 Å². The van der Waals surface area contributed by atoms with Crippen LogP contribution in [-0.4, -0.2) is 49.0 Å². The van der Waals surface area contributed by atoms with Crippen LogP contribution in [0.25, 0.3) is 0 Å². The normalized spacial score (nSPS) is 48.8. The number of aliphatic hydroxyl groups is 1. The van der Waals surface area contributed by atoms with Gasteiger partial charge in [0.1, 0.15) is 6.10 Å². The summed E-state index contributed by atoms with van der Waals surface area (Å²) < 4.78 is 12.0. The molecule has 0 bridgehead atoms. The molecule has 0 radical (unpaired) electrons. The molecule has 2 rings (SSSR count). The molecule has 1 saturated heterocycles. The third-order valence-corrected chi connectivity index (χ3v) is 9.09. The number of alkyl halides is 3. The first-order valence-electron chi connectivity index (χ1n) is 8.32. The summed E-state index contributed by atoms with van der Waals surface area (Å²) in [5, 5.41) is 10.8. The van der Waals surface area contributed by atoms with Crippen molar-refractivity contribution < 1.29 is 19.4 Å². The largest absolute Gasteiger partial charge is 0.462 e. The molecule has 0 aromatic rings. The molecular weight excluding hydrogens is 463 g/mol. The van der Waals surface area contributed by atoms with E-state index in [0.29, 0.717) is 19.3 Å². The summed E-state index contributed by atoms with van der Waals surface area (Å²) in [5.41, 5.74) is -1.24. The minimum absolute atomic E-state index is 0.0425. The molecule has 0 amide bonds. The van der Waals surface area contributed by atoms with Crippen LogP contribution in [0, 0.1) is 5.92 Å². The van der Waals surface area contributed by atoms with E-state index < -0.39 is 22.2 Å². The highest BCUT2D eigenvalue weighted by Crippen LogP contribution is 2.51. The van der Waals surface area contributed by atoms with Gasteiger partial charge in [0.2, 0.25) is 0 Å². The van der Waals surface area contributed by atoms with E-state index in [4.69, 9.17) is 21.1 Å². The molecule has 0 spiro atoms. The second kappa shape index (κ2) is 6.99. The minimum atomic E-state index is -0.812. The summed E-state index contributed by atoms with van der Waals surface area (Å²) >= 11 is 13.9. The smallest absolute Gasteiger partial charge is 0.302 e. The van der Waals surface area contributed by atoms with Crippen molar-refractivity contribution in [3.05, 3.63) is 0 Å². The number of hydrogen-bond donors (Lipinski definition) is 1. The van der Waals surface area contributed by atoms with E-state index in [9.17, 15) is 9.90 Å². The van der Waals surface area contributed by atoms with Crippen LogP contribution in [0.4, 0.5) is 0 Å². The van der Waals surface area contributed by atoms with E-state index in [1.54, 1.807) is 0 Å². The SMILES string of the molecule is CC(=O)O[C@H]1C[C@@](C)(Cl)[C@H](Br)C[C@@H]1[C@]1(C)OC(C)(C)[C@@H](Br)C[C@@H]1O. The predicted molar refractivity (Wildman–Crippen MR) is 102 cm³/mol. The van der Waals surface area contributed by atoms with E-state index >= 15 is 0 Å². The molecule has 0 unspecified atom stereocenters. The van der Waals surface area contributed by atoms with Gasteiger partial charge < -0.3 is 14.6 Å². The van der Waals surface area contributed by atoms with Crippen molar-refractivity contribution in [3.63, 3.8) is 0 Å². The Bertz CT molecular complexity index is 499. The highest BCUT2D eigenvalue weighted by Gasteiger charge is 2.58. The van der Waals surface area contributed by atoms with Crippen molar-refractivity contribution >= 4 is 49.4 Å². The van der Waals surface area contributed by atoms with E-state index in [-0.39, 0.29) is 27.6 Å². The maximum absolute atomic E-state index is 11.6. The van der Waals surface area contributed by atoms with Gasteiger partial charge in [-0.05, 0) is 40.5 Å². The summed E-state index contributed by atoms with van der Waals surface area (Å²) in [7, 11) is 0. The second-order valence-electron chi connectivity index (χ2n) is 8.05. The molecule has 2 fully saturated rings. The molecule has 7 atom stereocenters. The molecule has 1 aliphatic heterocycles. The van der Waals surface area contributed by atoms with Gasteiger partial charge in [-0.25, -0.2) is 0 Å². The fourth-order valence-electron chi connectivity index (χ4n) is 3.96. The second-order valence-corrected chi connectivity index (χ2v) is 11.1. The van der Waals surface area contributed by atoms with Crippen molar-refractivity contribution in [2.75, 3.05) is 0 Å². The van der Waals surface area contributed by atoms with Crippen molar-refractivity contribution in [1.29, 1.82) is 0 Å². The summed E-state index contributed by atoms with van der Waals surface area (Å²) in [6.45, 7) is 9.30. The third kappa shape index (κ3) is 3.98. The molecule has 1 heterocycles. The minimum Gasteiger partial charge on any atom is -0.462 e. The molecule has 1 saturated carbocycles. The molecule has 1 N–H and O–H groups in total. The maximum Gasteiger partial charge on any atom is 0.302 e. The fourth-order valence-corrected chi connectivity index (χ4v) is 5.24. The number of aliphatic hydroxyl groups excluding tert-OH is 1. The first-order valence-corrected chi connectivity index (χ1v) is 10.5. The summed E-state index contributed by atoms with van der Waals surface area (Å²) in [6.07, 6.45) is 0.712. The van der Waals surface area contributed by atoms with Crippen molar-refractivity contribution in [2.24, 2.45) is 5.92 Å². The fraction of sp³-hybridized carbons (Fsp3) is 0.941. The maximum atomic E-state index is 11.6. The number of rotatable bonds is 2. The van der Waals surface area contributed by atoms with Crippen LogP contribution in [0.1, 0.15) is 53.9 Å². The zero-order chi connectivity index (χ0) is 18.5. The van der Waals surface area contributed by atoms with Gasteiger partial charge in [0, 0.05) is 28.9 Å². The Hall–Kier alpha value is 0.640. The summed E-state index contributed by atoms with van der Waals surface area (Å²) in [5.74, 6) is -0.483. The van der Waals surface area contributed by atoms with E-state index in [2.05, 4.69) is 31.9 Å². The van der Waals surface area contributed by atoms with Crippen molar-refractivity contribution in [2.45, 2.75) is 91.8 Å². The molecule has 24 heavy (non-hydrogen) atoms. The summed E-state index contributed by atoms with van der Waals surface area (Å²) in [6, 6.07) is 0. The van der Waals surface area contributed by atoms with Gasteiger partial charge >= 0.3 is 5.97 Å². The number of carbonyl (C=O) groups is 1. The number of ether oxygens (including phenoxy) is 2. The van der Waals surface area contributed by atoms with Crippen LogP contribution in [0.3, 0.4) is 0 Å². The Balaban J connectivity index is 2.36. The predicted octanol–water partition coefficient (Wildman–Crippen LogP) is 4.17. The lowest BCUT2D eigenvalue weighted by Crippen LogP contribution is -2.65. The Morgan fingerprint density at radius 2 is 1.79 bits per heavy atom. The topological polar surface area (TPSA) is 55.8 Å². The van der Waals surface area contributed by atoms with Crippen LogP contribution in [-0.2, 0) is 14.3 Å². The van der Waals surface area contributed by atoms with Crippen LogP contribution in [0.5, 0.6) is 0 Å². The van der Waals surface area contributed by atoms with E-state index in [0.717, 1.165) is 0 Å². The zero-order valence-electron chi connectivity index (χ0n) is 14.8. The highest BCUT2D eigenvalue weighted by molar-refractivity contribution is 9.09. The van der Waals surface area contributed by atoms with Crippen molar-refractivity contribution in [3.8, 4) is 0 Å². The van der Waals surface area contributed by atoms with Gasteiger partial charge in [0.15, 0.2) is 0 Å². The Morgan fingerprint density at radius 3 is 2.33 bits per heavy atom. The van der Waals surface area contributed by atoms with Gasteiger partial charge in [0.25, 0.3) is 0 Å². The van der Waals surface area contributed by atoms with Crippen LogP contribution in [0.15, 0.2) is 0 Å². The number of hydrogen-bond acceptors (Lipinski definition) is 4. The van der Waals surface area contributed by atoms with Gasteiger partial charge in [-0.1, -0.05) is 31.9 Å². The quantitative estimate of drug-likeness (QED) is 0.466. The average Bonchev–Trinajstić information content (AvgIpc) is 2.39. The molecule has 0 aromatic carbocycles. The van der Waals surface area contributed by atoms with Gasteiger partial charge in [-0.2, -0.15) is 0 Å². The Morgan fingerprint density at radius 1 is 1.21 bits per heavy atom. The lowest BCUT2D eigenvalue weighted by Gasteiger charge is -2.56. The zero-order valence-corrected chi connectivity index (χ0v) is 18.7. The molecule has 0 aromatic heterocycles. The summed E-state index contributed by atoms with van der Waals surface area (Å²) in [4.78, 5) is 11.2. The molecule has 7 heteroatoms. The highest BCUT2D eigenvalue weighted by atomic mass is 79.9. The first-order chi connectivity index (χ1) is 10.8. The van der Waals surface area contributed by atoms with Gasteiger partial charge in [-0.15, -0.1) is 11.6 Å². The molecule has 140 valence electrons. The van der Waals surface area contributed by atoms with Crippen molar-refractivity contribution in [1.82, 2.24) is 0 Å².